The number of hydrogen-bond donors (Lipinski definition) is 2. The van der Waals surface area contributed by atoms with Crippen LogP contribution >= 0.6 is 0 Å². The molecule has 1 aromatic heterocycles. The summed E-state index contributed by atoms with van der Waals surface area (Å²) in [6.45, 7) is 8.32. The maximum atomic E-state index is 12.2. The number of carbonyl (C=O) groups is 1. The van der Waals surface area contributed by atoms with Gasteiger partial charge in [0.1, 0.15) is 0 Å². The summed E-state index contributed by atoms with van der Waals surface area (Å²) >= 11 is 0. The fraction of sp³-hybridized carbons (Fsp3) is 0.227. The highest BCUT2D eigenvalue weighted by Crippen LogP contribution is 2.25. The van der Waals surface area contributed by atoms with Crippen LogP contribution in [0.1, 0.15) is 29.8 Å². The van der Waals surface area contributed by atoms with E-state index in [0.29, 0.717) is 17.2 Å². The molecule has 0 aliphatic carbocycles. The predicted octanol–water partition coefficient (Wildman–Crippen LogP) is 4.63. The van der Waals surface area contributed by atoms with Crippen LogP contribution in [-0.2, 0) is 0 Å². The van der Waals surface area contributed by atoms with E-state index in [1.54, 1.807) is 24.3 Å². The number of amides is 1. The summed E-state index contributed by atoms with van der Waals surface area (Å²) in [5.74, 6) is 0.822. The fourth-order valence-electron chi connectivity index (χ4n) is 2.96. The first kappa shape index (κ1) is 19.4. The first-order chi connectivity index (χ1) is 13.6. The van der Waals surface area contributed by atoms with Crippen LogP contribution in [0.2, 0.25) is 0 Å². The van der Waals surface area contributed by atoms with Crippen molar-refractivity contribution in [1.29, 1.82) is 0 Å². The van der Waals surface area contributed by atoms with Crippen LogP contribution < -0.4 is 15.5 Å². The Kier molecular flexibility index (Phi) is 6.22. The van der Waals surface area contributed by atoms with Gasteiger partial charge in [0.25, 0.3) is 5.91 Å². The summed E-state index contributed by atoms with van der Waals surface area (Å²) in [4.78, 5) is 14.5. The van der Waals surface area contributed by atoms with Crippen molar-refractivity contribution in [1.82, 2.24) is 10.2 Å². The number of carbonyl (C=O) groups excluding carboxylic acids is 1. The highest BCUT2D eigenvalue weighted by atomic mass is 16.1. The molecule has 2 N–H and O–H groups in total. The Morgan fingerprint density at radius 3 is 2.21 bits per heavy atom. The maximum absolute atomic E-state index is 12.2. The number of nitrogens with one attached hydrogen (secondary N) is 2. The standard InChI is InChI=1S/C22H25N5O/c1-4-27(5-2)18-11-12-19(16(3)15-18)23-20-13-14-21(26-25-20)24-22(28)17-9-7-6-8-10-17/h6-15H,4-5H2,1-3H3,(H,23,25)(H,24,26,28). The number of anilines is 4. The van der Waals surface area contributed by atoms with E-state index in [9.17, 15) is 4.79 Å². The molecule has 3 rings (SSSR count). The van der Waals surface area contributed by atoms with Gasteiger partial charge in [0.2, 0.25) is 0 Å². The first-order valence-electron chi connectivity index (χ1n) is 9.43. The molecule has 0 saturated heterocycles. The number of aryl methyl sites for hydroxylation is 1. The van der Waals surface area contributed by atoms with Gasteiger partial charge in [-0.15, -0.1) is 10.2 Å². The molecule has 0 atom stereocenters. The van der Waals surface area contributed by atoms with Crippen molar-refractivity contribution in [3.05, 3.63) is 71.8 Å². The highest BCUT2D eigenvalue weighted by molar-refractivity contribution is 6.03. The second-order valence-electron chi connectivity index (χ2n) is 6.42. The van der Waals surface area contributed by atoms with Crippen LogP contribution in [0.3, 0.4) is 0 Å². The minimum atomic E-state index is -0.210. The molecule has 0 spiro atoms. The molecule has 0 radical (unpaired) electrons. The van der Waals surface area contributed by atoms with Crippen molar-refractivity contribution in [2.45, 2.75) is 20.8 Å². The van der Waals surface area contributed by atoms with Crippen molar-refractivity contribution in [3.63, 3.8) is 0 Å². The first-order valence-corrected chi connectivity index (χ1v) is 9.43. The average Bonchev–Trinajstić information content (AvgIpc) is 2.73. The predicted molar refractivity (Wildman–Crippen MR) is 114 cm³/mol. The quantitative estimate of drug-likeness (QED) is 0.630. The van der Waals surface area contributed by atoms with Crippen molar-refractivity contribution in [2.24, 2.45) is 0 Å². The van der Waals surface area contributed by atoms with Gasteiger partial charge in [-0.05, 0) is 68.8 Å². The van der Waals surface area contributed by atoms with Gasteiger partial charge in [-0.2, -0.15) is 0 Å². The molecule has 0 aliphatic rings. The van der Waals surface area contributed by atoms with E-state index < -0.39 is 0 Å². The van der Waals surface area contributed by atoms with Crippen LogP contribution in [-0.4, -0.2) is 29.2 Å². The van der Waals surface area contributed by atoms with E-state index >= 15 is 0 Å². The normalized spacial score (nSPS) is 10.4. The molecular weight excluding hydrogens is 350 g/mol. The molecule has 1 heterocycles. The van der Waals surface area contributed by atoms with Crippen LogP contribution in [0, 0.1) is 6.92 Å². The number of aromatic nitrogens is 2. The Balaban J connectivity index is 1.66. The number of benzene rings is 2. The molecule has 144 valence electrons. The number of nitrogens with zero attached hydrogens (tertiary/aromatic N) is 3. The SMILES string of the molecule is CCN(CC)c1ccc(Nc2ccc(NC(=O)c3ccccc3)nn2)c(C)c1. The van der Waals surface area contributed by atoms with Crippen LogP contribution in [0.25, 0.3) is 0 Å². The molecule has 0 bridgehead atoms. The maximum Gasteiger partial charge on any atom is 0.256 e. The minimum absolute atomic E-state index is 0.210. The molecule has 0 aliphatic heterocycles. The summed E-state index contributed by atoms with van der Waals surface area (Å²) in [5, 5.41) is 14.3. The van der Waals surface area contributed by atoms with Crippen LogP contribution in [0.5, 0.6) is 0 Å². The second-order valence-corrected chi connectivity index (χ2v) is 6.42. The van der Waals surface area contributed by atoms with E-state index in [1.165, 1.54) is 5.69 Å². The van der Waals surface area contributed by atoms with Gasteiger partial charge in [-0.1, -0.05) is 18.2 Å². The third-order valence-electron chi connectivity index (χ3n) is 4.54. The summed E-state index contributed by atoms with van der Waals surface area (Å²) < 4.78 is 0. The molecule has 3 aromatic rings. The summed E-state index contributed by atoms with van der Waals surface area (Å²) in [7, 11) is 0. The Labute approximate surface area is 165 Å². The van der Waals surface area contributed by atoms with Gasteiger partial charge in [0.15, 0.2) is 11.6 Å². The van der Waals surface area contributed by atoms with Crippen molar-refractivity contribution < 1.29 is 4.79 Å². The average molecular weight is 375 g/mol. The number of rotatable bonds is 7. The Morgan fingerprint density at radius 1 is 0.929 bits per heavy atom. The van der Waals surface area contributed by atoms with Gasteiger partial charge in [0, 0.05) is 30.0 Å². The Morgan fingerprint density at radius 2 is 1.61 bits per heavy atom. The largest absolute Gasteiger partial charge is 0.372 e. The lowest BCUT2D eigenvalue weighted by atomic mass is 10.1. The lowest BCUT2D eigenvalue weighted by Crippen LogP contribution is -2.21. The lowest BCUT2D eigenvalue weighted by molar-refractivity contribution is 0.102. The molecule has 6 heteroatoms. The minimum Gasteiger partial charge on any atom is -0.372 e. The summed E-state index contributed by atoms with van der Waals surface area (Å²) in [6.07, 6.45) is 0. The van der Waals surface area contributed by atoms with Crippen molar-refractivity contribution in [2.75, 3.05) is 28.6 Å². The van der Waals surface area contributed by atoms with E-state index in [2.05, 4.69) is 64.7 Å². The fourth-order valence-corrected chi connectivity index (χ4v) is 2.96. The Hall–Kier alpha value is -3.41. The zero-order chi connectivity index (χ0) is 19.9. The third-order valence-corrected chi connectivity index (χ3v) is 4.54. The van der Waals surface area contributed by atoms with Gasteiger partial charge < -0.3 is 15.5 Å². The van der Waals surface area contributed by atoms with Crippen LogP contribution in [0.15, 0.2) is 60.7 Å². The van der Waals surface area contributed by atoms with E-state index in [4.69, 9.17) is 0 Å². The topological polar surface area (TPSA) is 70.2 Å². The molecule has 0 saturated carbocycles. The molecule has 6 nitrogen and oxygen atoms in total. The zero-order valence-corrected chi connectivity index (χ0v) is 16.4. The monoisotopic (exact) mass is 375 g/mol. The zero-order valence-electron chi connectivity index (χ0n) is 16.4. The summed E-state index contributed by atoms with van der Waals surface area (Å²) in [6, 6.07) is 18.9. The number of hydrogen-bond acceptors (Lipinski definition) is 5. The second kappa shape index (κ2) is 8.99. The van der Waals surface area contributed by atoms with Gasteiger partial charge >= 0.3 is 0 Å². The van der Waals surface area contributed by atoms with E-state index in [0.717, 1.165) is 24.3 Å². The molecule has 28 heavy (non-hydrogen) atoms. The van der Waals surface area contributed by atoms with Gasteiger partial charge in [-0.25, -0.2) is 0 Å². The van der Waals surface area contributed by atoms with Gasteiger partial charge in [0.05, 0.1) is 0 Å². The molecule has 0 unspecified atom stereocenters. The molecular formula is C22H25N5O. The lowest BCUT2D eigenvalue weighted by Gasteiger charge is -2.22. The van der Waals surface area contributed by atoms with Gasteiger partial charge in [-0.3, -0.25) is 4.79 Å². The third kappa shape index (κ3) is 4.65. The van der Waals surface area contributed by atoms with E-state index in [1.807, 2.05) is 18.2 Å². The van der Waals surface area contributed by atoms with E-state index in [-0.39, 0.29) is 5.91 Å². The molecule has 1 amide bonds. The van der Waals surface area contributed by atoms with Crippen molar-refractivity contribution in [3.8, 4) is 0 Å². The highest BCUT2D eigenvalue weighted by Gasteiger charge is 2.08. The van der Waals surface area contributed by atoms with Crippen molar-refractivity contribution >= 4 is 28.9 Å². The molecule has 0 fully saturated rings. The smallest absolute Gasteiger partial charge is 0.256 e. The Bertz CT molecular complexity index is 921. The van der Waals surface area contributed by atoms with Crippen LogP contribution in [0.4, 0.5) is 23.0 Å². The molecule has 2 aromatic carbocycles. The summed E-state index contributed by atoms with van der Waals surface area (Å²) in [5.41, 5.74) is 3.90.